The first-order valence-corrected chi connectivity index (χ1v) is 9.83. The molecule has 2 saturated heterocycles. The van der Waals surface area contributed by atoms with Crippen LogP contribution in [0.15, 0.2) is 0 Å². The van der Waals surface area contributed by atoms with Crippen LogP contribution in [0, 0.1) is 5.92 Å². The van der Waals surface area contributed by atoms with Gasteiger partial charge in [0.05, 0.1) is 19.1 Å². The number of carbonyl (C=O) groups excluding carboxylic acids is 2. The van der Waals surface area contributed by atoms with Crippen molar-refractivity contribution in [2.24, 2.45) is 5.92 Å². The van der Waals surface area contributed by atoms with Gasteiger partial charge < -0.3 is 59.8 Å². The van der Waals surface area contributed by atoms with Gasteiger partial charge in [-0.3, -0.25) is 9.59 Å². The molecule has 32 heavy (non-hydrogen) atoms. The summed E-state index contributed by atoms with van der Waals surface area (Å²) in [6.07, 6.45) is -11.8. The minimum absolute atomic E-state index is 0.763. The zero-order valence-corrected chi connectivity index (χ0v) is 17.7. The minimum atomic E-state index is -3.47. The molecular formula is C18H30O14. The summed E-state index contributed by atoms with van der Waals surface area (Å²) >= 11 is 0. The Labute approximate surface area is 182 Å². The first kappa shape index (κ1) is 26.9. The van der Waals surface area contributed by atoms with Crippen LogP contribution in [0.25, 0.3) is 0 Å². The van der Waals surface area contributed by atoms with Crippen LogP contribution < -0.4 is 0 Å². The van der Waals surface area contributed by atoms with E-state index in [1.54, 1.807) is 0 Å². The molecule has 2 aliphatic rings. The van der Waals surface area contributed by atoms with E-state index in [9.17, 15) is 50.4 Å². The molecule has 2 aliphatic heterocycles. The Kier molecular flexibility index (Phi) is 8.01. The molecule has 0 bridgehead atoms. The maximum Gasteiger partial charge on any atom is 0.311 e. The van der Waals surface area contributed by atoms with Gasteiger partial charge in [0.15, 0.2) is 11.9 Å². The third-order valence-corrected chi connectivity index (χ3v) is 5.49. The number of ether oxygens (including phenoxy) is 4. The van der Waals surface area contributed by atoms with E-state index in [1.165, 1.54) is 13.8 Å². The predicted octanol–water partition coefficient (Wildman–Crippen LogP) is -4.91. The van der Waals surface area contributed by atoms with Gasteiger partial charge in [-0.25, -0.2) is 0 Å². The average molecular weight is 470 g/mol. The van der Waals surface area contributed by atoms with Crippen LogP contribution >= 0.6 is 0 Å². The molecular weight excluding hydrogens is 440 g/mol. The highest BCUT2D eigenvalue weighted by atomic mass is 16.8. The van der Waals surface area contributed by atoms with Crippen molar-refractivity contribution in [3.8, 4) is 0 Å². The zero-order chi connectivity index (χ0) is 24.6. The standard InChI is InChI=1S/C18H30O14/c1-7(2)15(27)31-17(28)14(26)12(24)10(5-20)30-18(17,8(3)22)32-16(6-21)13(25)11(23)9(4-19)29-16/h7,9-14,19-21,23-26,28H,4-6H2,1-3H3/t9-,10-,11-,12-,13+,14+,16?,17+,18+/m1/s1. The summed E-state index contributed by atoms with van der Waals surface area (Å²) in [5.41, 5.74) is 0. The van der Waals surface area contributed by atoms with E-state index < -0.39 is 91.5 Å². The molecule has 2 rings (SSSR count). The molecule has 14 nitrogen and oxygen atoms in total. The van der Waals surface area contributed by atoms with Crippen LogP contribution in [0.5, 0.6) is 0 Å². The highest BCUT2D eigenvalue weighted by Gasteiger charge is 2.74. The van der Waals surface area contributed by atoms with Crippen LogP contribution in [0.4, 0.5) is 0 Å². The maximum atomic E-state index is 12.8. The maximum absolute atomic E-state index is 12.8. The summed E-state index contributed by atoms with van der Waals surface area (Å²) < 4.78 is 20.9. The van der Waals surface area contributed by atoms with Crippen molar-refractivity contribution >= 4 is 11.8 Å². The van der Waals surface area contributed by atoms with Gasteiger partial charge in [-0.1, -0.05) is 13.8 Å². The van der Waals surface area contributed by atoms with Crippen molar-refractivity contribution < 1.29 is 69.4 Å². The number of Topliss-reactive ketones (excluding diaryl/α,β-unsaturated/α-hetero) is 1. The molecule has 0 saturated carbocycles. The molecule has 0 aromatic heterocycles. The summed E-state index contributed by atoms with van der Waals surface area (Å²) in [4.78, 5) is 25.1. The lowest BCUT2D eigenvalue weighted by atomic mass is 9.86. The largest absolute Gasteiger partial charge is 0.423 e. The summed E-state index contributed by atoms with van der Waals surface area (Å²) in [7, 11) is 0. The quantitative estimate of drug-likeness (QED) is 0.123. The Morgan fingerprint density at radius 1 is 0.938 bits per heavy atom. The van der Waals surface area contributed by atoms with E-state index in [0.29, 0.717) is 0 Å². The SMILES string of the molecule is CC(=O)[C@@]1(OC2(CO)O[C@H](CO)[C@@H](O)[C@@H]2O)O[C@H](CO)[C@@H](O)[C@H](O)[C@]1(O)OC(=O)C(C)C. The summed E-state index contributed by atoms with van der Waals surface area (Å²) in [6.45, 7) is 0.321. The number of ketones is 1. The van der Waals surface area contributed by atoms with Gasteiger partial charge in [-0.2, -0.15) is 0 Å². The van der Waals surface area contributed by atoms with Crippen LogP contribution in [-0.4, -0.2) is 126 Å². The molecule has 0 aromatic carbocycles. The molecule has 2 fully saturated rings. The second-order valence-corrected chi connectivity index (χ2v) is 8.07. The zero-order valence-electron chi connectivity index (χ0n) is 17.7. The predicted molar refractivity (Wildman–Crippen MR) is 98.1 cm³/mol. The Hall–Kier alpha value is -1.30. The van der Waals surface area contributed by atoms with Crippen LogP contribution in [-0.2, 0) is 28.5 Å². The fraction of sp³-hybridized carbons (Fsp3) is 0.889. The Balaban J connectivity index is 2.68. The van der Waals surface area contributed by atoms with Gasteiger partial charge in [-0.15, -0.1) is 0 Å². The fourth-order valence-electron chi connectivity index (χ4n) is 3.54. The fourth-order valence-corrected chi connectivity index (χ4v) is 3.54. The molecule has 0 aliphatic carbocycles. The van der Waals surface area contributed by atoms with Crippen molar-refractivity contribution in [2.75, 3.05) is 19.8 Å². The topological polar surface area (TPSA) is 233 Å². The smallest absolute Gasteiger partial charge is 0.311 e. The summed E-state index contributed by atoms with van der Waals surface area (Å²) in [5, 5.41) is 81.4. The molecule has 8 N–H and O–H groups in total. The first-order chi connectivity index (χ1) is 14.8. The molecule has 9 atom stereocenters. The molecule has 1 unspecified atom stereocenters. The Morgan fingerprint density at radius 2 is 1.44 bits per heavy atom. The van der Waals surface area contributed by atoms with E-state index in [1.807, 2.05) is 0 Å². The summed E-state index contributed by atoms with van der Waals surface area (Å²) in [5.74, 6) is -12.9. The average Bonchev–Trinajstić information content (AvgIpc) is 2.99. The third kappa shape index (κ3) is 4.05. The lowest BCUT2D eigenvalue weighted by molar-refractivity contribution is -0.477. The van der Waals surface area contributed by atoms with Gasteiger partial charge >= 0.3 is 17.5 Å². The number of hydrogen-bond donors (Lipinski definition) is 8. The summed E-state index contributed by atoms with van der Waals surface area (Å²) in [6, 6.07) is 0. The number of rotatable bonds is 8. The number of hydrogen-bond acceptors (Lipinski definition) is 14. The van der Waals surface area contributed by atoms with E-state index >= 15 is 0 Å². The lowest BCUT2D eigenvalue weighted by Gasteiger charge is -2.54. The van der Waals surface area contributed by atoms with Gasteiger partial charge in [0.1, 0.15) is 37.1 Å². The second kappa shape index (κ2) is 9.52. The van der Waals surface area contributed by atoms with Crippen molar-refractivity contribution in [1.82, 2.24) is 0 Å². The highest BCUT2D eigenvalue weighted by molar-refractivity contribution is 5.86. The first-order valence-electron chi connectivity index (χ1n) is 9.83. The van der Waals surface area contributed by atoms with Crippen LogP contribution in [0.3, 0.4) is 0 Å². The van der Waals surface area contributed by atoms with Crippen molar-refractivity contribution in [2.45, 2.75) is 74.8 Å². The molecule has 186 valence electrons. The molecule has 2 heterocycles. The Morgan fingerprint density at radius 3 is 1.84 bits per heavy atom. The number of aliphatic hydroxyl groups is 8. The van der Waals surface area contributed by atoms with E-state index in [4.69, 9.17) is 18.9 Å². The molecule has 0 aromatic rings. The van der Waals surface area contributed by atoms with Crippen molar-refractivity contribution in [1.29, 1.82) is 0 Å². The second-order valence-electron chi connectivity index (χ2n) is 8.07. The monoisotopic (exact) mass is 470 g/mol. The van der Waals surface area contributed by atoms with Crippen molar-refractivity contribution in [3.63, 3.8) is 0 Å². The minimum Gasteiger partial charge on any atom is -0.423 e. The number of carbonyl (C=O) groups is 2. The van der Waals surface area contributed by atoms with E-state index in [0.717, 1.165) is 6.92 Å². The normalized spacial score (nSPS) is 44.6. The van der Waals surface area contributed by atoms with Crippen LogP contribution in [0.1, 0.15) is 20.8 Å². The molecule has 0 radical (unpaired) electrons. The molecule has 14 heteroatoms. The van der Waals surface area contributed by atoms with Crippen LogP contribution in [0.2, 0.25) is 0 Å². The lowest BCUT2D eigenvalue weighted by Crippen LogP contribution is -2.79. The van der Waals surface area contributed by atoms with E-state index in [2.05, 4.69) is 0 Å². The molecule has 0 spiro atoms. The highest BCUT2D eigenvalue weighted by Crippen LogP contribution is 2.46. The Bertz CT molecular complexity index is 701. The van der Waals surface area contributed by atoms with Gasteiger partial charge in [-0.05, 0) is 0 Å². The van der Waals surface area contributed by atoms with Crippen molar-refractivity contribution in [3.05, 3.63) is 0 Å². The van der Waals surface area contributed by atoms with Gasteiger partial charge in [0, 0.05) is 6.92 Å². The third-order valence-electron chi connectivity index (χ3n) is 5.49. The van der Waals surface area contributed by atoms with Gasteiger partial charge in [0.25, 0.3) is 0 Å². The number of esters is 1. The molecule has 0 amide bonds. The van der Waals surface area contributed by atoms with Gasteiger partial charge in [0.2, 0.25) is 5.79 Å². The number of aliphatic hydroxyl groups excluding tert-OH is 7. The van der Waals surface area contributed by atoms with E-state index in [-0.39, 0.29) is 0 Å².